The Labute approximate surface area is 169 Å². The molecule has 0 fully saturated rings. The molecule has 0 aliphatic heterocycles. The number of carbonyl (C=O) groups excluding carboxylic acids is 1. The van der Waals surface area contributed by atoms with Crippen molar-refractivity contribution in [1.82, 2.24) is 4.98 Å². The summed E-state index contributed by atoms with van der Waals surface area (Å²) in [5.41, 5.74) is 4.92. The number of methoxy groups -OCH3 is 1. The first-order valence-electron chi connectivity index (χ1n) is 9.51. The normalized spacial score (nSPS) is 10.9. The number of nitrogens with one attached hydrogen (secondary N) is 1. The van der Waals surface area contributed by atoms with Crippen LogP contribution in [0.3, 0.4) is 0 Å². The first-order valence-corrected chi connectivity index (χ1v) is 9.51. The van der Waals surface area contributed by atoms with Crippen molar-refractivity contribution in [2.24, 2.45) is 0 Å². The molecule has 0 saturated carbocycles. The minimum Gasteiger partial charge on any atom is -0.496 e. The van der Waals surface area contributed by atoms with Gasteiger partial charge in [0.15, 0.2) is 0 Å². The van der Waals surface area contributed by atoms with Gasteiger partial charge in [-0.3, -0.25) is 10.3 Å². The Kier molecular flexibility index (Phi) is 5.04. The molecule has 0 radical (unpaired) electrons. The van der Waals surface area contributed by atoms with Crippen LogP contribution in [-0.2, 0) is 4.74 Å². The molecule has 3 aromatic carbocycles. The maximum absolute atomic E-state index is 11.6. The number of rotatable bonds is 4. The highest BCUT2D eigenvalue weighted by atomic mass is 16.5. The van der Waals surface area contributed by atoms with Crippen LogP contribution in [0, 0.1) is 6.92 Å². The van der Waals surface area contributed by atoms with Gasteiger partial charge in [0.05, 0.1) is 19.2 Å². The summed E-state index contributed by atoms with van der Waals surface area (Å²) in [4.78, 5) is 16.2. The molecule has 0 aliphatic rings. The van der Waals surface area contributed by atoms with Crippen LogP contribution in [0.15, 0.2) is 60.8 Å². The van der Waals surface area contributed by atoms with Crippen molar-refractivity contribution < 1.29 is 14.3 Å². The highest BCUT2D eigenvalue weighted by molar-refractivity contribution is 6.11. The summed E-state index contributed by atoms with van der Waals surface area (Å²) in [5.74, 6) is 0.785. The summed E-state index contributed by atoms with van der Waals surface area (Å²) < 4.78 is 10.6. The Bertz CT molecular complexity index is 1200. The van der Waals surface area contributed by atoms with Gasteiger partial charge in [-0.15, -0.1) is 0 Å². The Hall–Kier alpha value is -3.60. The minimum atomic E-state index is -0.456. The maximum atomic E-state index is 11.6. The number of anilines is 1. The van der Waals surface area contributed by atoms with E-state index in [1.807, 2.05) is 54.7 Å². The summed E-state index contributed by atoms with van der Waals surface area (Å²) in [5, 5.41) is 5.95. The van der Waals surface area contributed by atoms with E-state index < -0.39 is 6.09 Å². The number of pyridine rings is 1. The predicted molar refractivity (Wildman–Crippen MR) is 117 cm³/mol. The van der Waals surface area contributed by atoms with Gasteiger partial charge in [-0.05, 0) is 60.2 Å². The average Bonchev–Trinajstić information content (AvgIpc) is 2.74. The zero-order chi connectivity index (χ0) is 20.4. The lowest BCUT2D eigenvalue weighted by molar-refractivity contribution is 0.168. The van der Waals surface area contributed by atoms with Crippen LogP contribution < -0.4 is 10.1 Å². The molecule has 4 aromatic rings. The number of benzene rings is 3. The van der Waals surface area contributed by atoms with Gasteiger partial charge >= 0.3 is 6.09 Å². The summed E-state index contributed by atoms with van der Waals surface area (Å²) in [6, 6.07) is 17.9. The van der Waals surface area contributed by atoms with Gasteiger partial charge < -0.3 is 9.47 Å². The molecule has 1 amide bonds. The number of amides is 1. The Morgan fingerprint density at radius 2 is 1.83 bits per heavy atom. The molecule has 0 spiro atoms. The summed E-state index contributed by atoms with van der Waals surface area (Å²) in [7, 11) is 1.68. The van der Waals surface area contributed by atoms with Gasteiger partial charge in [0.2, 0.25) is 0 Å². The largest absolute Gasteiger partial charge is 0.496 e. The van der Waals surface area contributed by atoms with Crippen molar-refractivity contribution >= 4 is 33.5 Å². The van der Waals surface area contributed by atoms with Crippen LogP contribution in [0.5, 0.6) is 5.75 Å². The fourth-order valence-electron chi connectivity index (χ4n) is 3.67. The fourth-order valence-corrected chi connectivity index (χ4v) is 3.67. The standard InChI is InChI=1S/C24H22N2O3/c1-4-29-24(27)26-17-11-9-16(10-12-17)19-13-22(28-3)20-14-25-21-8-6-5-7-18(21)23(20)15(19)2/h5-14H,4H2,1-3H3,(H,26,27). The second-order valence-corrected chi connectivity index (χ2v) is 6.74. The first kappa shape index (κ1) is 18.7. The molecule has 0 unspecified atom stereocenters. The lowest BCUT2D eigenvalue weighted by Gasteiger charge is -2.16. The SMILES string of the molecule is CCOC(=O)Nc1ccc(-c2cc(OC)c3cnc4ccccc4c3c2C)cc1. The zero-order valence-electron chi connectivity index (χ0n) is 16.7. The Morgan fingerprint density at radius 3 is 2.55 bits per heavy atom. The van der Waals surface area contributed by atoms with Crippen molar-refractivity contribution in [2.75, 3.05) is 19.0 Å². The number of aromatic nitrogens is 1. The molecule has 4 rings (SSSR count). The first-order chi connectivity index (χ1) is 14.1. The van der Waals surface area contributed by atoms with Crippen molar-refractivity contribution in [3.8, 4) is 16.9 Å². The van der Waals surface area contributed by atoms with E-state index in [1.165, 1.54) is 0 Å². The fraction of sp³-hybridized carbons (Fsp3) is 0.167. The number of fused-ring (bicyclic) bond motifs is 3. The van der Waals surface area contributed by atoms with Crippen LogP contribution in [0.2, 0.25) is 0 Å². The van der Waals surface area contributed by atoms with Crippen molar-refractivity contribution in [1.29, 1.82) is 0 Å². The maximum Gasteiger partial charge on any atom is 0.411 e. The van der Waals surface area contributed by atoms with Crippen molar-refractivity contribution in [3.05, 3.63) is 66.4 Å². The lowest BCUT2D eigenvalue weighted by atomic mass is 9.93. The Balaban J connectivity index is 1.84. The molecule has 1 aromatic heterocycles. The van der Waals surface area contributed by atoms with E-state index in [4.69, 9.17) is 9.47 Å². The second kappa shape index (κ2) is 7.80. The van der Waals surface area contributed by atoms with Gasteiger partial charge in [0, 0.05) is 22.7 Å². The van der Waals surface area contributed by atoms with Crippen LogP contribution >= 0.6 is 0 Å². The quantitative estimate of drug-likeness (QED) is 0.441. The average molecular weight is 386 g/mol. The topological polar surface area (TPSA) is 60.5 Å². The van der Waals surface area contributed by atoms with Gasteiger partial charge in [-0.2, -0.15) is 0 Å². The third-order valence-corrected chi connectivity index (χ3v) is 5.03. The molecule has 29 heavy (non-hydrogen) atoms. The molecule has 1 N–H and O–H groups in total. The summed E-state index contributed by atoms with van der Waals surface area (Å²) >= 11 is 0. The number of nitrogens with zero attached hydrogens (tertiary/aromatic N) is 1. The molecule has 146 valence electrons. The monoisotopic (exact) mass is 386 g/mol. The van der Waals surface area contributed by atoms with Crippen LogP contribution in [-0.4, -0.2) is 24.8 Å². The van der Waals surface area contributed by atoms with E-state index >= 15 is 0 Å². The molecule has 0 aliphatic carbocycles. The second-order valence-electron chi connectivity index (χ2n) is 6.74. The number of carbonyl (C=O) groups is 1. The molecule has 0 bridgehead atoms. The third-order valence-electron chi connectivity index (χ3n) is 5.03. The van der Waals surface area contributed by atoms with Crippen LogP contribution in [0.1, 0.15) is 12.5 Å². The highest BCUT2D eigenvalue weighted by Gasteiger charge is 2.14. The number of hydrogen-bond donors (Lipinski definition) is 1. The molecular weight excluding hydrogens is 364 g/mol. The molecule has 5 nitrogen and oxygen atoms in total. The van der Waals surface area contributed by atoms with Gasteiger partial charge in [-0.1, -0.05) is 30.3 Å². The molecule has 5 heteroatoms. The molecule has 0 saturated heterocycles. The van der Waals surface area contributed by atoms with E-state index in [9.17, 15) is 4.79 Å². The van der Waals surface area contributed by atoms with Gasteiger partial charge in [-0.25, -0.2) is 4.79 Å². The van der Waals surface area contributed by atoms with Gasteiger partial charge in [0.1, 0.15) is 5.75 Å². The summed E-state index contributed by atoms with van der Waals surface area (Å²) in [6.45, 7) is 4.23. The van der Waals surface area contributed by atoms with E-state index in [0.717, 1.165) is 44.1 Å². The molecule has 0 atom stereocenters. The van der Waals surface area contributed by atoms with Crippen molar-refractivity contribution in [3.63, 3.8) is 0 Å². The summed E-state index contributed by atoms with van der Waals surface area (Å²) in [6.07, 6.45) is 1.42. The Morgan fingerprint density at radius 1 is 1.07 bits per heavy atom. The number of ether oxygens (including phenoxy) is 2. The highest BCUT2D eigenvalue weighted by Crippen LogP contribution is 2.39. The molecule has 1 heterocycles. The molecular formula is C24H22N2O3. The smallest absolute Gasteiger partial charge is 0.411 e. The van der Waals surface area contributed by atoms with E-state index in [1.54, 1.807) is 14.0 Å². The van der Waals surface area contributed by atoms with E-state index in [0.29, 0.717) is 12.3 Å². The zero-order valence-corrected chi connectivity index (χ0v) is 16.7. The van der Waals surface area contributed by atoms with E-state index in [-0.39, 0.29) is 0 Å². The number of para-hydroxylation sites is 1. The third kappa shape index (κ3) is 3.47. The van der Waals surface area contributed by atoms with Gasteiger partial charge in [0.25, 0.3) is 0 Å². The number of aryl methyl sites for hydroxylation is 1. The number of hydrogen-bond acceptors (Lipinski definition) is 4. The van der Waals surface area contributed by atoms with Crippen LogP contribution in [0.25, 0.3) is 32.8 Å². The van der Waals surface area contributed by atoms with Crippen LogP contribution in [0.4, 0.5) is 10.5 Å². The van der Waals surface area contributed by atoms with Crippen molar-refractivity contribution in [2.45, 2.75) is 13.8 Å². The lowest BCUT2D eigenvalue weighted by Crippen LogP contribution is -2.13. The predicted octanol–water partition coefficient (Wildman–Crippen LogP) is 5.94. The minimum absolute atomic E-state index is 0.336. The van der Waals surface area contributed by atoms with E-state index in [2.05, 4.69) is 23.3 Å².